The second kappa shape index (κ2) is 6.01. The summed E-state index contributed by atoms with van der Waals surface area (Å²) in [5, 5.41) is 0. The Morgan fingerprint density at radius 3 is 1.64 bits per heavy atom. The number of hydrogen-bond donors (Lipinski definition) is 0. The summed E-state index contributed by atoms with van der Waals surface area (Å²) in [6.07, 6.45) is 11.7. The number of epoxide rings is 2. The van der Waals surface area contributed by atoms with Crippen molar-refractivity contribution in [2.75, 3.05) is 14.2 Å². The number of fused-ring (bicyclic) bond motifs is 2. The average Bonchev–Trinajstić information content (AvgIpc) is 3.52. The highest BCUT2D eigenvalue weighted by molar-refractivity contribution is 5.45. The van der Waals surface area contributed by atoms with Crippen molar-refractivity contribution in [3.8, 4) is 0 Å². The summed E-state index contributed by atoms with van der Waals surface area (Å²) in [5.41, 5.74) is 2.39. The second-order valence-electron chi connectivity index (χ2n) is 6.85. The SMILES string of the molecule is CCCC1=C2OC2(OC)[C@@H](O[C@H]2C=CC(CCC)=C3OC32OC)C=C1. The van der Waals surface area contributed by atoms with Crippen molar-refractivity contribution < 1.29 is 23.7 Å². The van der Waals surface area contributed by atoms with E-state index in [-0.39, 0.29) is 12.2 Å². The Morgan fingerprint density at radius 1 is 0.840 bits per heavy atom. The van der Waals surface area contributed by atoms with Crippen LogP contribution in [0.3, 0.4) is 0 Å². The third-order valence-electron chi connectivity index (χ3n) is 5.27. The molecule has 25 heavy (non-hydrogen) atoms. The van der Waals surface area contributed by atoms with Gasteiger partial charge in [-0.3, -0.25) is 0 Å². The van der Waals surface area contributed by atoms with E-state index in [9.17, 15) is 0 Å². The van der Waals surface area contributed by atoms with Crippen molar-refractivity contribution in [2.24, 2.45) is 0 Å². The Labute approximate surface area is 148 Å². The molecule has 0 amide bonds. The Morgan fingerprint density at radius 2 is 1.28 bits per heavy atom. The molecule has 5 heteroatoms. The van der Waals surface area contributed by atoms with E-state index in [4.69, 9.17) is 23.7 Å². The van der Waals surface area contributed by atoms with Gasteiger partial charge in [0.05, 0.1) is 0 Å². The molecular weight excluding hydrogens is 320 g/mol. The number of allylic oxidation sites excluding steroid dienone is 4. The zero-order valence-electron chi connectivity index (χ0n) is 15.3. The van der Waals surface area contributed by atoms with E-state index >= 15 is 0 Å². The predicted molar refractivity (Wildman–Crippen MR) is 92.5 cm³/mol. The van der Waals surface area contributed by atoms with Gasteiger partial charge in [0, 0.05) is 14.2 Å². The van der Waals surface area contributed by atoms with E-state index in [1.54, 1.807) is 14.2 Å². The van der Waals surface area contributed by atoms with Gasteiger partial charge in [0.2, 0.25) is 0 Å². The van der Waals surface area contributed by atoms with Crippen molar-refractivity contribution in [3.63, 3.8) is 0 Å². The summed E-state index contributed by atoms with van der Waals surface area (Å²) < 4.78 is 29.4. The molecule has 2 aliphatic heterocycles. The number of rotatable bonds is 8. The van der Waals surface area contributed by atoms with Gasteiger partial charge < -0.3 is 23.7 Å². The molecule has 4 rings (SSSR count). The molecule has 2 unspecified atom stereocenters. The first-order valence-corrected chi connectivity index (χ1v) is 9.12. The minimum atomic E-state index is -0.787. The largest absolute Gasteiger partial charge is 0.449 e. The highest BCUT2D eigenvalue weighted by Gasteiger charge is 2.67. The fraction of sp³-hybridized carbons (Fsp3) is 0.600. The third-order valence-corrected chi connectivity index (χ3v) is 5.27. The lowest BCUT2D eigenvalue weighted by Crippen LogP contribution is -2.42. The van der Waals surface area contributed by atoms with Crippen LogP contribution in [0.4, 0.5) is 0 Å². The van der Waals surface area contributed by atoms with Gasteiger partial charge in [-0.15, -0.1) is 0 Å². The summed E-state index contributed by atoms with van der Waals surface area (Å²) in [6.45, 7) is 4.31. The first-order chi connectivity index (χ1) is 12.1. The monoisotopic (exact) mass is 346 g/mol. The molecule has 0 aromatic heterocycles. The van der Waals surface area contributed by atoms with Crippen molar-refractivity contribution >= 4 is 0 Å². The quantitative estimate of drug-likeness (QED) is 0.627. The zero-order valence-corrected chi connectivity index (χ0v) is 15.3. The summed E-state index contributed by atoms with van der Waals surface area (Å²) in [7, 11) is 3.32. The lowest BCUT2D eigenvalue weighted by atomic mass is 9.96. The topological polar surface area (TPSA) is 52.8 Å². The lowest BCUT2D eigenvalue weighted by Gasteiger charge is -2.28. The van der Waals surface area contributed by atoms with Gasteiger partial charge in [-0.2, -0.15) is 0 Å². The van der Waals surface area contributed by atoms with Gasteiger partial charge in [0.1, 0.15) is 0 Å². The number of methoxy groups -OCH3 is 2. The van der Waals surface area contributed by atoms with Gasteiger partial charge in [-0.25, -0.2) is 0 Å². The van der Waals surface area contributed by atoms with Gasteiger partial charge in [-0.1, -0.05) is 38.8 Å². The minimum Gasteiger partial charge on any atom is -0.449 e. The molecular formula is C20H26O5. The molecule has 2 fully saturated rings. The molecule has 0 aromatic carbocycles. The molecule has 2 heterocycles. The van der Waals surface area contributed by atoms with Gasteiger partial charge >= 0.3 is 0 Å². The molecule has 4 atom stereocenters. The molecule has 0 spiro atoms. The van der Waals surface area contributed by atoms with Crippen LogP contribution in [0.2, 0.25) is 0 Å². The van der Waals surface area contributed by atoms with Crippen LogP contribution in [0, 0.1) is 0 Å². The smallest absolute Gasteiger partial charge is 0.299 e. The standard InChI is InChI=1S/C20H26O5/c1-5-7-13-9-11-15(19(21-3)17(13)24-19)23-16-12-10-14(8-6-2)18-20(16,22-4)25-18/h9-12,15-16H,5-8H2,1-4H3/t15-,16-,19?,20?/m0/s1. The first kappa shape index (κ1) is 16.9. The molecule has 0 N–H and O–H groups in total. The molecule has 0 bridgehead atoms. The minimum absolute atomic E-state index is 0.326. The van der Waals surface area contributed by atoms with Crippen LogP contribution in [0.25, 0.3) is 0 Å². The Hall–Kier alpha value is -1.56. The van der Waals surface area contributed by atoms with E-state index in [0.29, 0.717) is 0 Å². The van der Waals surface area contributed by atoms with E-state index in [1.165, 1.54) is 11.1 Å². The molecule has 2 saturated heterocycles. The highest BCUT2D eigenvalue weighted by Crippen LogP contribution is 2.55. The van der Waals surface area contributed by atoms with Gasteiger partial charge in [-0.05, 0) is 36.1 Å². The lowest BCUT2D eigenvalue weighted by molar-refractivity contribution is -0.166. The fourth-order valence-electron chi connectivity index (χ4n) is 3.88. The van der Waals surface area contributed by atoms with Crippen LogP contribution in [-0.4, -0.2) is 38.0 Å². The van der Waals surface area contributed by atoms with Crippen molar-refractivity contribution in [1.29, 1.82) is 0 Å². The summed E-state index contributed by atoms with van der Waals surface area (Å²) in [4.78, 5) is 0. The molecule has 5 nitrogen and oxygen atoms in total. The van der Waals surface area contributed by atoms with Crippen molar-refractivity contribution in [1.82, 2.24) is 0 Å². The van der Waals surface area contributed by atoms with E-state index in [2.05, 4.69) is 26.0 Å². The Kier molecular flexibility index (Phi) is 4.06. The van der Waals surface area contributed by atoms with Crippen LogP contribution >= 0.6 is 0 Å². The van der Waals surface area contributed by atoms with Crippen molar-refractivity contribution in [3.05, 3.63) is 47.0 Å². The van der Waals surface area contributed by atoms with Gasteiger partial charge in [0.25, 0.3) is 11.6 Å². The molecule has 0 saturated carbocycles. The maximum atomic E-state index is 6.34. The van der Waals surface area contributed by atoms with Crippen LogP contribution in [0.1, 0.15) is 39.5 Å². The first-order valence-electron chi connectivity index (χ1n) is 9.12. The van der Waals surface area contributed by atoms with Crippen LogP contribution < -0.4 is 0 Å². The van der Waals surface area contributed by atoms with Crippen LogP contribution in [-0.2, 0) is 23.7 Å². The molecule has 0 radical (unpaired) electrons. The number of ether oxygens (including phenoxy) is 5. The maximum absolute atomic E-state index is 6.34. The molecule has 4 aliphatic rings. The van der Waals surface area contributed by atoms with E-state index in [1.807, 2.05) is 12.2 Å². The Bertz CT molecular complexity index is 630. The highest BCUT2D eigenvalue weighted by atomic mass is 16.8. The van der Waals surface area contributed by atoms with Crippen LogP contribution in [0.5, 0.6) is 0 Å². The molecule has 2 aliphatic carbocycles. The fourth-order valence-corrected chi connectivity index (χ4v) is 3.88. The third kappa shape index (κ3) is 2.40. The zero-order chi connectivity index (χ0) is 17.7. The summed E-state index contributed by atoms with van der Waals surface area (Å²) >= 11 is 0. The second-order valence-corrected chi connectivity index (χ2v) is 6.85. The van der Waals surface area contributed by atoms with E-state index in [0.717, 1.165) is 37.2 Å². The van der Waals surface area contributed by atoms with Gasteiger partial charge in [0.15, 0.2) is 23.7 Å². The predicted octanol–water partition coefficient (Wildman–Crippen LogP) is 3.73. The van der Waals surface area contributed by atoms with E-state index < -0.39 is 11.6 Å². The summed E-state index contributed by atoms with van der Waals surface area (Å²) in [6, 6.07) is 0. The number of hydrogen-bond acceptors (Lipinski definition) is 5. The Balaban J connectivity index is 1.53. The van der Waals surface area contributed by atoms with Crippen LogP contribution in [0.15, 0.2) is 47.0 Å². The van der Waals surface area contributed by atoms with Crippen molar-refractivity contribution in [2.45, 2.75) is 63.3 Å². The normalized spacial score (nSPS) is 37.4. The maximum Gasteiger partial charge on any atom is 0.299 e. The molecule has 136 valence electrons. The summed E-state index contributed by atoms with van der Waals surface area (Å²) in [5.74, 6) is 0.221. The average molecular weight is 346 g/mol. The molecule has 0 aromatic rings.